The molecule has 0 bridgehead atoms. The van der Waals surface area contributed by atoms with Gasteiger partial charge in [-0.1, -0.05) is 30.3 Å². The molecular weight excluding hydrogens is 220 g/mol. The molecule has 0 aromatic heterocycles. The molecule has 0 fully saturated rings. The topological polar surface area (TPSA) is 52.6 Å². The Kier molecular flexibility index (Phi) is 5.20. The van der Waals surface area contributed by atoms with E-state index in [4.69, 9.17) is 9.47 Å². The molecule has 1 aromatic rings. The number of hydrogen-bond acceptors (Lipinski definition) is 4. The molecule has 0 saturated heterocycles. The van der Waals surface area contributed by atoms with Crippen LogP contribution in [0.1, 0.15) is 31.9 Å². The minimum Gasteiger partial charge on any atom is -0.466 e. The lowest BCUT2D eigenvalue weighted by Gasteiger charge is -2.16. The molecule has 0 heterocycles. The van der Waals surface area contributed by atoms with Gasteiger partial charge in [-0.05, 0) is 12.5 Å². The normalized spacial score (nSPS) is 11.6. The van der Waals surface area contributed by atoms with Crippen molar-refractivity contribution >= 4 is 11.9 Å². The highest BCUT2D eigenvalue weighted by Crippen LogP contribution is 2.21. The van der Waals surface area contributed by atoms with E-state index >= 15 is 0 Å². The molecule has 0 amide bonds. The van der Waals surface area contributed by atoms with Gasteiger partial charge in [0.2, 0.25) is 0 Å². The van der Waals surface area contributed by atoms with Gasteiger partial charge < -0.3 is 9.47 Å². The quantitative estimate of drug-likeness (QED) is 0.736. The summed E-state index contributed by atoms with van der Waals surface area (Å²) in [4.78, 5) is 22.4. The van der Waals surface area contributed by atoms with Crippen LogP contribution in [0.25, 0.3) is 0 Å². The smallest absolute Gasteiger partial charge is 0.309 e. The summed E-state index contributed by atoms with van der Waals surface area (Å²) < 4.78 is 9.96. The Morgan fingerprint density at radius 3 is 2.41 bits per heavy atom. The number of hydrogen-bond donors (Lipinski definition) is 0. The van der Waals surface area contributed by atoms with Crippen LogP contribution < -0.4 is 0 Å². The van der Waals surface area contributed by atoms with Crippen molar-refractivity contribution < 1.29 is 19.1 Å². The van der Waals surface area contributed by atoms with Crippen molar-refractivity contribution in [3.05, 3.63) is 35.9 Å². The van der Waals surface area contributed by atoms with Crippen molar-refractivity contribution in [2.24, 2.45) is 0 Å². The van der Waals surface area contributed by atoms with Gasteiger partial charge in [0.1, 0.15) is 6.10 Å². The Balaban J connectivity index is 2.74. The van der Waals surface area contributed by atoms with E-state index in [1.165, 1.54) is 6.92 Å². The van der Waals surface area contributed by atoms with Gasteiger partial charge in [-0.3, -0.25) is 9.59 Å². The van der Waals surface area contributed by atoms with Crippen molar-refractivity contribution in [1.29, 1.82) is 0 Å². The molecule has 0 radical (unpaired) electrons. The fourth-order valence-corrected chi connectivity index (χ4v) is 1.47. The summed E-state index contributed by atoms with van der Waals surface area (Å²) in [5, 5.41) is 0. The Labute approximate surface area is 101 Å². The average molecular weight is 236 g/mol. The second-order valence-electron chi connectivity index (χ2n) is 3.52. The summed E-state index contributed by atoms with van der Waals surface area (Å²) in [6.45, 7) is 3.38. The molecule has 1 aromatic carbocycles. The Bertz CT molecular complexity index is 372. The van der Waals surface area contributed by atoms with Crippen LogP contribution in [0.3, 0.4) is 0 Å². The minimum absolute atomic E-state index is 0.0391. The zero-order chi connectivity index (χ0) is 12.7. The van der Waals surface area contributed by atoms with E-state index in [1.54, 1.807) is 6.92 Å². The molecule has 0 aliphatic rings. The van der Waals surface area contributed by atoms with Gasteiger partial charge in [-0.2, -0.15) is 0 Å². The van der Waals surface area contributed by atoms with Crippen molar-refractivity contribution in [2.45, 2.75) is 26.4 Å². The standard InChI is InChI=1S/C13H16O4/c1-3-16-13(15)9-12(17-10(2)14)11-7-5-4-6-8-11/h4-8,12H,3,9H2,1-2H3. The molecule has 1 unspecified atom stereocenters. The van der Waals surface area contributed by atoms with E-state index in [-0.39, 0.29) is 12.4 Å². The predicted octanol–water partition coefficient (Wildman–Crippen LogP) is 2.24. The number of rotatable bonds is 5. The highest BCUT2D eigenvalue weighted by atomic mass is 16.6. The number of ether oxygens (including phenoxy) is 2. The largest absolute Gasteiger partial charge is 0.466 e. The third-order valence-electron chi connectivity index (χ3n) is 2.14. The molecule has 0 aliphatic heterocycles. The maximum atomic E-state index is 11.4. The fraction of sp³-hybridized carbons (Fsp3) is 0.385. The molecule has 17 heavy (non-hydrogen) atoms. The molecule has 4 nitrogen and oxygen atoms in total. The third-order valence-corrected chi connectivity index (χ3v) is 2.14. The van der Waals surface area contributed by atoms with Gasteiger partial charge in [0.15, 0.2) is 0 Å². The number of benzene rings is 1. The van der Waals surface area contributed by atoms with Gasteiger partial charge in [0, 0.05) is 6.92 Å². The minimum atomic E-state index is -0.576. The van der Waals surface area contributed by atoms with Crippen LogP contribution >= 0.6 is 0 Å². The SMILES string of the molecule is CCOC(=O)CC(OC(C)=O)c1ccccc1. The Morgan fingerprint density at radius 1 is 1.24 bits per heavy atom. The molecule has 92 valence electrons. The van der Waals surface area contributed by atoms with Crippen molar-refractivity contribution in [3.63, 3.8) is 0 Å². The number of carbonyl (C=O) groups excluding carboxylic acids is 2. The third kappa shape index (κ3) is 4.68. The lowest BCUT2D eigenvalue weighted by atomic mass is 10.1. The summed E-state index contributed by atoms with van der Waals surface area (Å²) in [6, 6.07) is 9.15. The van der Waals surface area contributed by atoms with Crippen molar-refractivity contribution in [3.8, 4) is 0 Å². The summed E-state index contributed by atoms with van der Waals surface area (Å²) in [7, 11) is 0. The van der Waals surface area contributed by atoms with Crippen LogP contribution in [0, 0.1) is 0 Å². The van der Waals surface area contributed by atoms with Gasteiger partial charge in [-0.25, -0.2) is 0 Å². The van der Waals surface area contributed by atoms with Gasteiger partial charge in [0.25, 0.3) is 0 Å². The van der Waals surface area contributed by atoms with Crippen LogP contribution in [0.2, 0.25) is 0 Å². The first-order valence-electron chi connectivity index (χ1n) is 5.51. The monoisotopic (exact) mass is 236 g/mol. The summed E-state index contributed by atoms with van der Waals surface area (Å²) in [5.41, 5.74) is 0.788. The second-order valence-corrected chi connectivity index (χ2v) is 3.52. The van der Waals surface area contributed by atoms with Gasteiger partial charge in [-0.15, -0.1) is 0 Å². The maximum absolute atomic E-state index is 11.4. The molecule has 1 rings (SSSR count). The van der Waals surface area contributed by atoms with E-state index < -0.39 is 12.1 Å². The Morgan fingerprint density at radius 2 is 1.88 bits per heavy atom. The van der Waals surface area contributed by atoms with Crippen LogP contribution in [0.15, 0.2) is 30.3 Å². The van der Waals surface area contributed by atoms with Gasteiger partial charge >= 0.3 is 11.9 Å². The summed E-state index contributed by atoms with van der Waals surface area (Å²) >= 11 is 0. The van der Waals surface area contributed by atoms with E-state index in [0.717, 1.165) is 5.56 Å². The molecular formula is C13H16O4. The first-order valence-corrected chi connectivity index (χ1v) is 5.51. The van der Waals surface area contributed by atoms with Crippen LogP contribution in [-0.2, 0) is 19.1 Å². The van der Waals surface area contributed by atoms with E-state index in [2.05, 4.69) is 0 Å². The molecule has 0 N–H and O–H groups in total. The van der Waals surface area contributed by atoms with Crippen molar-refractivity contribution in [2.75, 3.05) is 6.61 Å². The molecule has 0 saturated carbocycles. The first kappa shape index (κ1) is 13.2. The molecule has 4 heteroatoms. The van der Waals surface area contributed by atoms with Gasteiger partial charge in [0.05, 0.1) is 13.0 Å². The zero-order valence-corrected chi connectivity index (χ0v) is 10.0. The van der Waals surface area contributed by atoms with Crippen LogP contribution in [0.5, 0.6) is 0 Å². The summed E-state index contributed by atoms with van der Waals surface area (Å²) in [6.07, 6.45) is -0.537. The first-order chi connectivity index (χ1) is 8.13. The Hall–Kier alpha value is -1.84. The van der Waals surface area contributed by atoms with E-state index in [0.29, 0.717) is 6.61 Å². The molecule has 0 aliphatic carbocycles. The van der Waals surface area contributed by atoms with E-state index in [1.807, 2.05) is 30.3 Å². The lowest BCUT2D eigenvalue weighted by Crippen LogP contribution is -2.15. The predicted molar refractivity (Wildman–Crippen MR) is 62.2 cm³/mol. The van der Waals surface area contributed by atoms with Crippen LogP contribution in [-0.4, -0.2) is 18.5 Å². The molecule has 0 spiro atoms. The fourth-order valence-electron chi connectivity index (χ4n) is 1.47. The average Bonchev–Trinajstić information content (AvgIpc) is 2.29. The van der Waals surface area contributed by atoms with E-state index in [9.17, 15) is 9.59 Å². The van der Waals surface area contributed by atoms with Crippen molar-refractivity contribution in [1.82, 2.24) is 0 Å². The lowest BCUT2D eigenvalue weighted by molar-refractivity contribution is -0.153. The summed E-state index contributed by atoms with van der Waals surface area (Å²) in [5.74, 6) is -0.786. The second kappa shape index (κ2) is 6.68. The maximum Gasteiger partial charge on any atom is 0.309 e. The van der Waals surface area contributed by atoms with Crippen LogP contribution in [0.4, 0.5) is 0 Å². The highest BCUT2D eigenvalue weighted by Gasteiger charge is 2.19. The number of esters is 2. The highest BCUT2D eigenvalue weighted by molar-refractivity contribution is 5.71. The zero-order valence-electron chi connectivity index (χ0n) is 10.0. The number of carbonyl (C=O) groups is 2. The molecule has 1 atom stereocenters.